The van der Waals surface area contributed by atoms with Gasteiger partial charge in [0.25, 0.3) is 0 Å². The zero-order valence-electron chi connectivity index (χ0n) is 12.7. The van der Waals surface area contributed by atoms with E-state index in [1.54, 1.807) is 12.1 Å². The van der Waals surface area contributed by atoms with E-state index < -0.39 is 35.0 Å². The maximum absolute atomic E-state index is 13.5. The molecular weight excluding hydrogens is 314 g/mol. The van der Waals surface area contributed by atoms with Crippen molar-refractivity contribution in [3.05, 3.63) is 59.2 Å². The van der Waals surface area contributed by atoms with Crippen LogP contribution in [-0.4, -0.2) is 27.1 Å². The van der Waals surface area contributed by atoms with Crippen molar-refractivity contribution in [2.75, 3.05) is 21.1 Å². The van der Waals surface area contributed by atoms with Gasteiger partial charge >= 0.3 is 5.97 Å². The van der Waals surface area contributed by atoms with Crippen molar-refractivity contribution in [3.63, 3.8) is 0 Å². The molecule has 2 aromatic carbocycles. The number of halogens is 4. The number of quaternary nitrogens is 1. The van der Waals surface area contributed by atoms with Crippen molar-refractivity contribution in [1.29, 1.82) is 0 Å². The molecule has 0 saturated carbocycles. The Morgan fingerprint density at radius 2 is 1.39 bits per heavy atom. The molecule has 0 aliphatic carbocycles. The zero-order valence-corrected chi connectivity index (χ0v) is 12.7. The smallest absolute Gasteiger partial charge is 0.343 e. The molecule has 0 spiro atoms. The largest absolute Gasteiger partial charge is 0.416 e. The molecule has 0 aliphatic rings. The van der Waals surface area contributed by atoms with E-state index in [0.29, 0.717) is 4.48 Å². The van der Waals surface area contributed by atoms with Gasteiger partial charge in [0.1, 0.15) is 5.69 Å². The van der Waals surface area contributed by atoms with Crippen LogP contribution in [0.1, 0.15) is 10.4 Å². The van der Waals surface area contributed by atoms with Gasteiger partial charge in [0, 0.05) is 6.07 Å². The third-order valence-electron chi connectivity index (χ3n) is 3.14. The summed E-state index contributed by atoms with van der Waals surface area (Å²) in [5, 5.41) is 0. The van der Waals surface area contributed by atoms with E-state index in [9.17, 15) is 22.4 Å². The number of hydrogen-bond donors (Lipinski definition) is 0. The molecule has 0 fully saturated rings. The van der Waals surface area contributed by atoms with E-state index in [1.807, 2.05) is 21.1 Å². The molecule has 0 atom stereocenters. The van der Waals surface area contributed by atoms with Crippen LogP contribution in [0.4, 0.5) is 23.2 Å². The summed E-state index contributed by atoms with van der Waals surface area (Å²) in [6.07, 6.45) is 0. The fourth-order valence-electron chi connectivity index (χ4n) is 1.84. The molecule has 0 heterocycles. The van der Waals surface area contributed by atoms with Crippen molar-refractivity contribution in [3.8, 4) is 5.75 Å². The second kappa shape index (κ2) is 6.00. The van der Waals surface area contributed by atoms with Crippen LogP contribution >= 0.6 is 0 Å². The van der Waals surface area contributed by atoms with Gasteiger partial charge in [-0.15, -0.1) is 0 Å². The Bertz CT molecular complexity index is 726. The van der Waals surface area contributed by atoms with Gasteiger partial charge in [0.15, 0.2) is 11.6 Å². The van der Waals surface area contributed by atoms with E-state index in [4.69, 9.17) is 0 Å². The number of rotatable bonds is 3. The number of esters is 1. The number of hydrogen-bond acceptors (Lipinski definition) is 2. The molecule has 0 amide bonds. The summed E-state index contributed by atoms with van der Waals surface area (Å²) in [4.78, 5) is 11.9. The second-order valence-electron chi connectivity index (χ2n) is 5.75. The van der Waals surface area contributed by atoms with Crippen molar-refractivity contribution < 1.29 is 27.1 Å². The van der Waals surface area contributed by atoms with Crippen LogP contribution in [0.5, 0.6) is 5.75 Å². The lowest BCUT2D eigenvalue weighted by Crippen LogP contribution is -2.34. The first-order valence-electron chi connectivity index (χ1n) is 6.58. The molecule has 0 N–H and O–H groups in total. The molecular formula is C16H14F4NO2+. The SMILES string of the molecule is C[N+](C)(C)c1ccc(C(=O)Oc2c(F)c(F)cc(F)c2F)cc1. The quantitative estimate of drug-likeness (QED) is 0.283. The fraction of sp³-hybridized carbons (Fsp3) is 0.188. The molecule has 2 rings (SSSR count). The Morgan fingerprint density at radius 1 is 0.913 bits per heavy atom. The van der Waals surface area contributed by atoms with Crippen LogP contribution in [0, 0.1) is 23.3 Å². The Hall–Kier alpha value is -2.41. The standard InChI is InChI=1S/C16H14F4NO2/c1-21(2,3)10-6-4-9(5-7-10)16(22)23-15-13(19)11(17)8-12(18)14(15)20/h4-8H,1-3H3/q+1. The fourth-order valence-corrected chi connectivity index (χ4v) is 1.84. The van der Waals surface area contributed by atoms with Crippen LogP contribution in [0.25, 0.3) is 0 Å². The van der Waals surface area contributed by atoms with E-state index >= 15 is 0 Å². The average Bonchev–Trinajstić information content (AvgIpc) is 2.48. The molecule has 0 unspecified atom stereocenters. The van der Waals surface area contributed by atoms with Crippen LogP contribution in [0.2, 0.25) is 0 Å². The average molecular weight is 328 g/mol. The second-order valence-corrected chi connectivity index (χ2v) is 5.75. The summed E-state index contributed by atoms with van der Waals surface area (Å²) in [5.41, 5.74) is 0.862. The first-order valence-corrected chi connectivity index (χ1v) is 6.58. The van der Waals surface area contributed by atoms with Gasteiger partial charge < -0.3 is 4.74 Å². The lowest BCUT2D eigenvalue weighted by atomic mass is 10.2. The van der Waals surface area contributed by atoms with Gasteiger partial charge in [-0.1, -0.05) is 0 Å². The van der Waals surface area contributed by atoms with E-state index in [2.05, 4.69) is 4.74 Å². The van der Waals surface area contributed by atoms with Gasteiger partial charge in [0.05, 0.1) is 26.7 Å². The third-order valence-corrected chi connectivity index (χ3v) is 3.14. The van der Waals surface area contributed by atoms with Crippen LogP contribution in [-0.2, 0) is 0 Å². The molecule has 7 heteroatoms. The molecule has 23 heavy (non-hydrogen) atoms. The van der Waals surface area contributed by atoms with Crippen molar-refractivity contribution in [1.82, 2.24) is 4.48 Å². The monoisotopic (exact) mass is 328 g/mol. The summed E-state index contributed by atoms with van der Waals surface area (Å²) >= 11 is 0. The van der Waals surface area contributed by atoms with Gasteiger partial charge in [0.2, 0.25) is 17.4 Å². The summed E-state index contributed by atoms with van der Waals surface area (Å²) in [5.74, 6) is -9.34. The lowest BCUT2D eigenvalue weighted by Gasteiger charge is -2.23. The normalized spacial score (nSPS) is 11.4. The van der Waals surface area contributed by atoms with Crippen molar-refractivity contribution in [2.45, 2.75) is 0 Å². The zero-order chi connectivity index (χ0) is 17.4. The van der Waals surface area contributed by atoms with Gasteiger partial charge in [-0.3, -0.25) is 4.48 Å². The molecule has 3 nitrogen and oxygen atoms in total. The lowest BCUT2D eigenvalue weighted by molar-refractivity contribution is 0.0717. The van der Waals surface area contributed by atoms with E-state index in [0.717, 1.165) is 5.69 Å². The number of benzene rings is 2. The molecule has 0 saturated heterocycles. The van der Waals surface area contributed by atoms with E-state index in [1.165, 1.54) is 12.1 Å². The van der Waals surface area contributed by atoms with Crippen molar-refractivity contribution in [2.24, 2.45) is 0 Å². The highest BCUT2D eigenvalue weighted by atomic mass is 19.2. The van der Waals surface area contributed by atoms with Gasteiger partial charge in [-0.2, -0.15) is 8.78 Å². The van der Waals surface area contributed by atoms with Crippen LogP contribution < -0.4 is 9.22 Å². The first kappa shape index (κ1) is 17.0. The minimum Gasteiger partial charge on any atom is -0.416 e. The minimum absolute atomic E-state index is 0.00864. The Balaban J connectivity index is 2.30. The van der Waals surface area contributed by atoms with Crippen LogP contribution in [0.15, 0.2) is 30.3 Å². The van der Waals surface area contributed by atoms with Gasteiger partial charge in [-0.05, 0) is 24.3 Å². The molecule has 0 bridgehead atoms. The molecule has 0 aliphatic heterocycles. The molecule has 0 radical (unpaired) electrons. The highest BCUT2D eigenvalue weighted by molar-refractivity contribution is 5.91. The Labute approximate surface area is 130 Å². The predicted molar refractivity (Wildman–Crippen MR) is 77.2 cm³/mol. The highest BCUT2D eigenvalue weighted by Gasteiger charge is 2.24. The third kappa shape index (κ3) is 3.50. The van der Waals surface area contributed by atoms with Crippen LogP contribution in [0.3, 0.4) is 0 Å². The molecule has 122 valence electrons. The highest BCUT2D eigenvalue weighted by Crippen LogP contribution is 2.27. The summed E-state index contributed by atoms with van der Waals surface area (Å²) in [6.45, 7) is 0. The minimum atomic E-state index is -1.76. The van der Waals surface area contributed by atoms with Gasteiger partial charge in [-0.25, -0.2) is 13.6 Å². The number of nitrogens with zero attached hydrogens (tertiary/aromatic N) is 1. The maximum atomic E-state index is 13.5. The summed E-state index contributed by atoms with van der Waals surface area (Å²) in [6, 6.07) is 6.10. The number of ether oxygens (including phenoxy) is 1. The molecule has 2 aromatic rings. The topological polar surface area (TPSA) is 26.3 Å². The maximum Gasteiger partial charge on any atom is 0.343 e. The predicted octanol–water partition coefficient (Wildman–Crippen LogP) is 3.66. The number of carbonyl (C=O) groups excluding carboxylic acids is 1. The first-order chi connectivity index (χ1) is 10.6. The Morgan fingerprint density at radius 3 is 1.83 bits per heavy atom. The van der Waals surface area contributed by atoms with E-state index in [-0.39, 0.29) is 11.6 Å². The summed E-state index contributed by atoms with van der Waals surface area (Å²) < 4.78 is 58.1. The molecule has 0 aromatic heterocycles. The number of carbonyl (C=O) groups is 1. The Kier molecular flexibility index (Phi) is 4.42. The summed E-state index contributed by atoms with van der Waals surface area (Å²) in [7, 11) is 5.73. The van der Waals surface area contributed by atoms with Crippen molar-refractivity contribution >= 4 is 11.7 Å².